The minimum absolute atomic E-state index is 0.114. The van der Waals surface area contributed by atoms with Gasteiger partial charge in [0.15, 0.2) is 0 Å². The molecule has 6 nitrogen and oxygen atoms in total. The lowest BCUT2D eigenvalue weighted by Gasteiger charge is -2.23. The van der Waals surface area contributed by atoms with E-state index in [1.54, 1.807) is 19.1 Å². The lowest BCUT2D eigenvalue weighted by Crippen LogP contribution is -2.43. The van der Waals surface area contributed by atoms with Crippen LogP contribution in [0, 0.1) is 6.92 Å². The summed E-state index contributed by atoms with van der Waals surface area (Å²) in [4.78, 5) is 12.4. The van der Waals surface area contributed by atoms with Gasteiger partial charge >= 0.3 is 0 Å². The minimum atomic E-state index is -3.53. The Morgan fingerprint density at radius 2 is 2.10 bits per heavy atom. The van der Waals surface area contributed by atoms with Crippen LogP contribution in [-0.2, 0) is 14.8 Å². The molecule has 21 heavy (non-hydrogen) atoms. The number of sulfonamides is 1. The van der Waals surface area contributed by atoms with Crippen LogP contribution in [0.15, 0.2) is 23.1 Å². The number of piperidine rings is 1. The van der Waals surface area contributed by atoms with Crippen LogP contribution in [0.2, 0.25) is 0 Å². The first kappa shape index (κ1) is 15.9. The lowest BCUT2D eigenvalue weighted by molar-refractivity contribution is -0.118. The molecule has 1 aromatic rings. The van der Waals surface area contributed by atoms with Gasteiger partial charge in [-0.1, -0.05) is 12.5 Å². The molecule has 1 aliphatic rings. The summed E-state index contributed by atoms with van der Waals surface area (Å²) in [5.41, 5.74) is 1.07. The molecule has 0 aromatic heterocycles. The number of carbonyl (C=O) groups excluding carboxylic acids is 1. The van der Waals surface area contributed by atoms with E-state index in [4.69, 9.17) is 0 Å². The summed E-state index contributed by atoms with van der Waals surface area (Å²) in [6, 6.07) is 4.66. The maximum absolute atomic E-state index is 12.2. The third-order valence-corrected chi connectivity index (χ3v) is 5.29. The highest BCUT2D eigenvalue weighted by molar-refractivity contribution is 7.89. The summed E-state index contributed by atoms with van der Waals surface area (Å²) in [7, 11) is -2.16. The molecule has 1 saturated heterocycles. The van der Waals surface area contributed by atoms with Crippen molar-refractivity contribution in [1.82, 2.24) is 10.0 Å². The van der Waals surface area contributed by atoms with Gasteiger partial charge in [-0.05, 0) is 51.1 Å². The van der Waals surface area contributed by atoms with E-state index in [1.165, 1.54) is 13.1 Å². The molecular formula is C14H21N3O3S. The van der Waals surface area contributed by atoms with Crippen molar-refractivity contribution in [2.24, 2.45) is 0 Å². The fourth-order valence-corrected chi connectivity index (χ4v) is 3.44. The fraction of sp³-hybridized carbons (Fsp3) is 0.500. The molecule has 0 radical (unpaired) electrons. The van der Waals surface area contributed by atoms with E-state index in [0.717, 1.165) is 25.8 Å². The van der Waals surface area contributed by atoms with Gasteiger partial charge in [0.1, 0.15) is 0 Å². The highest BCUT2D eigenvalue weighted by Crippen LogP contribution is 2.23. The van der Waals surface area contributed by atoms with E-state index in [-0.39, 0.29) is 16.8 Å². The zero-order chi connectivity index (χ0) is 15.5. The standard InChI is InChI=1S/C14H21N3O3S/c1-10-11(7-5-8-13(10)21(19,20)15-2)17-14(18)12-6-3-4-9-16-12/h5,7-8,12,15-16H,3-4,6,9H2,1-2H3,(H,17,18). The zero-order valence-corrected chi connectivity index (χ0v) is 13.1. The number of hydrogen-bond donors (Lipinski definition) is 3. The highest BCUT2D eigenvalue weighted by atomic mass is 32.2. The first-order valence-electron chi connectivity index (χ1n) is 7.03. The molecule has 1 aliphatic heterocycles. The second-order valence-corrected chi connectivity index (χ2v) is 6.98. The Morgan fingerprint density at radius 3 is 2.71 bits per heavy atom. The second kappa shape index (κ2) is 6.55. The van der Waals surface area contributed by atoms with Gasteiger partial charge < -0.3 is 10.6 Å². The first-order chi connectivity index (χ1) is 9.95. The maximum atomic E-state index is 12.2. The topological polar surface area (TPSA) is 87.3 Å². The molecule has 0 spiro atoms. The Hall–Kier alpha value is -1.44. The molecule has 7 heteroatoms. The molecule has 3 N–H and O–H groups in total. The summed E-state index contributed by atoms with van der Waals surface area (Å²) >= 11 is 0. The number of anilines is 1. The van der Waals surface area contributed by atoms with Crippen LogP contribution < -0.4 is 15.4 Å². The Kier molecular flexibility index (Phi) is 4.97. The van der Waals surface area contributed by atoms with Crippen LogP contribution in [0.4, 0.5) is 5.69 Å². The molecule has 1 unspecified atom stereocenters. The molecule has 2 rings (SSSR count). The van der Waals surface area contributed by atoms with Gasteiger partial charge in [-0.2, -0.15) is 0 Å². The monoisotopic (exact) mass is 311 g/mol. The van der Waals surface area contributed by atoms with Gasteiger partial charge in [0, 0.05) is 5.69 Å². The third kappa shape index (κ3) is 3.61. The van der Waals surface area contributed by atoms with Crippen molar-refractivity contribution in [1.29, 1.82) is 0 Å². The highest BCUT2D eigenvalue weighted by Gasteiger charge is 2.22. The molecule has 116 valence electrons. The van der Waals surface area contributed by atoms with E-state index in [0.29, 0.717) is 11.3 Å². The van der Waals surface area contributed by atoms with Gasteiger partial charge in [0.2, 0.25) is 15.9 Å². The van der Waals surface area contributed by atoms with Crippen LogP contribution in [0.3, 0.4) is 0 Å². The van der Waals surface area contributed by atoms with Crippen LogP contribution in [0.5, 0.6) is 0 Å². The van der Waals surface area contributed by atoms with Gasteiger partial charge in [0.25, 0.3) is 0 Å². The molecule has 1 fully saturated rings. The summed E-state index contributed by atoms with van der Waals surface area (Å²) in [5.74, 6) is -0.114. The van der Waals surface area contributed by atoms with E-state index in [9.17, 15) is 13.2 Å². The van der Waals surface area contributed by atoms with E-state index in [1.807, 2.05) is 0 Å². The van der Waals surface area contributed by atoms with Crippen molar-refractivity contribution in [2.75, 3.05) is 18.9 Å². The SMILES string of the molecule is CNS(=O)(=O)c1cccc(NC(=O)C2CCCCN2)c1C. The molecule has 0 bridgehead atoms. The number of amides is 1. The third-order valence-electron chi connectivity index (χ3n) is 3.73. The Balaban J connectivity index is 2.21. The normalized spacial score (nSPS) is 19.2. The number of nitrogens with one attached hydrogen (secondary N) is 3. The predicted molar refractivity (Wildman–Crippen MR) is 81.7 cm³/mol. The van der Waals surface area contributed by atoms with E-state index < -0.39 is 10.0 Å². The summed E-state index contributed by atoms with van der Waals surface area (Å²) in [6.07, 6.45) is 2.91. The number of benzene rings is 1. The molecule has 0 aliphatic carbocycles. The van der Waals surface area contributed by atoms with E-state index >= 15 is 0 Å². The van der Waals surface area contributed by atoms with E-state index in [2.05, 4.69) is 15.4 Å². The number of carbonyl (C=O) groups is 1. The zero-order valence-electron chi connectivity index (χ0n) is 12.3. The van der Waals surface area contributed by atoms with Crippen LogP contribution in [0.25, 0.3) is 0 Å². The van der Waals surface area contributed by atoms with Gasteiger partial charge in [0.05, 0.1) is 10.9 Å². The Morgan fingerprint density at radius 1 is 1.33 bits per heavy atom. The van der Waals surface area contributed by atoms with Gasteiger partial charge in [-0.15, -0.1) is 0 Å². The summed E-state index contributed by atoms with van der Waals surface area (Å²) in [6.45, 7) is 2.53. The number of rotatable bonds is 4. The van der Waals surface area contributed by atoms with Crippen LogP contribution in [-0.4, -0.2) is 34.0 Å². The molecular weight excluding hydrogens is 290 g/mol. The Bertz CT molecular complexity index is 622. The second-order valence-electron chi connectivity index (χ2n) is 5.13. The molecule has 1 heterocycles. The molecule has 1 amide bonds. The minimum Gasteiger partial charge on any atom is -0.324 e. The van der Waals surface area contributed by atoms with Crippen molar-refractivity contribution in [2.45, 2.75) is 37.1 Å². The van der Waals surface area contributed by atoms with Gasteiger partial charge in [-0.25, -0.2) is 13.1 Å². The van der Waals surface area contributed by atoms with Crippen molar-refractivity contribution < 1.29 is 13.2 Å². The number of hydrogen-bond acceptors (Lipinski definition) is 4. The van der Waals surface area contributed by atoms with Crippen LogP contribution in [0.1, 0.15) is 24.8 Å². The lowest BCUT2D eigenvalue weighted by atomic mass is 10.0. The smallest absolute Gasteiger partial charge is 0.241 e. The largest absolute Gasteiger partial charge is 0.324 e. The van der Waals surface area contributed by atoms with Crippen molar-refractivity contribution in [3.63, 3.8) is 0 Å². The predicted octanol–water partition coefficient (Wildman–Crippen LogP) is 0.984. The fourth-order valence-electron chi connectivity index (χ4n) is 2.45. The van der Waals surface area contributed by atoms with Gasteiger partial charge in [-0.3, -0.25) is 4.79 Å². The van der Waals surface area contributed by atoms with Crippen molar-refractivity contribution in [3.8, 4) is 0 Å². The maximum Gasteiger partial charge on any atom is 0.241 e. The molecule has 1 aromatic carbocycles. The Labute approximate surface area is 125 Å². The summed E-state index contributed by atoms with van der Waals surface area (Å²) < 4.78 is 26.1. The molecule has 1 atom stereocenters. The molecule has 0 saturated carbocycles. The van der Waals surface area contributed by atoms with Crippen molar-refractivity contribution in [3.05, 3.63) is 23.8 Å². The first-order valence-corrected chi connectivity index (χ1v) is 8.51. The quantitative estimate of drug-likeness (QED) is 0.773. The van der Waals surface area contributed by atoms with Crippen molar-refractivity contribution >= 4 is 21.6 Å². The summed E-state index contributed by atoms with van der Waals surface area (Å²) in [5, 5.41) is 5.99. The average Bonchev–Trinajstić information content (AvgIpc) is 2.50. The van der Waals surface area contributed by atoms with Crippen LogP contribution >= 0.6 is 0 Å². The average molecular weight is 311 g/mol.